The van der Waals surface area contributed by atoms with Crippen LogP contribution in [0.2, 0.25) is 0 Å². The lowest BCUT2D eigenvalue weighted by Crippen LogP contribution is -2.39. The predicted molar refractivity (Wildman–Crippen MR) is 127 cm³/mol. The highest BCUT2D eigenvalue weighted by Crippen LogP contribution is 2.53. The van der Waals surface area contributed by atoms with Gasteiger partial charge < -0.3 is 0 Å². The van der Waals surface area contributed by atoms with Gasteiger partial charge in [-0.1, -0.05) is 84.3 Å². The minimum Gasteiger partial charge on any atom is -0.207 e. The van der Waals surface area contributed by atoms with Crippen molar-refractivity contribution >= 4 is 21.2 Å². The van der Waals surface area contributed by atoms with Crippen molar-refractivity contribution in [2.45, 2.75) is 24.8 Å². The molecule has 3 aromatic carbocycles. The molecule has 1 aliphatic rings. The summed E-state index contributed by atoms with van der Waals surface area (Å²) in [4.78, 5) is 0.267. The van der Waals surface area contributed by atoms with E-state index in [0.717, 1.165) is 16.7 Å². The molecule has 0 amide bonds. The fourth-order valence-corrected chi connectivity index (χ4v) is 5.55. The number of nitrogens with zero attached hydrogens (tertiary/aromatic N) is 1. The SMILES string of the molecule is C#CC(C)N(CC1C(c2ccccc2)=C1c1ccccc1)S(=O)(=O)c1ccc(C)cc1. The Morgan fingerprint density at radius 2 is 1.35 bits per heavy atom. The standard InChI is InChI=1S/C27H25NO2S/c1-4-21(3)28(31(29,30)24-17-15-20(2)16-18-24)19-25-26(22-11-7-5-8-12-22)27(25)23-13-9-6-10-14-23/h1,5-18,21,25H,19H2,2-3H3. The molecule has 1 atom stereocenters. The van der Waals surface area contributed by atoms with Gasteiger partial charge in [-0.05, 0) is 48.3 Å². The maximum atomic E-state index is 13.5. The Balaban J connectivity index is 1.70. The summed E-state index contributed by atoms with van der Waals surface area (Å²) in [5.74, 6) is 2.62. The molecule has 0 aliphatic heterocycles. The van der Waals surface area contributed by atoms with Crippen LogP contribution in [0.1, 0.15) is 23.6 Å². The van der Waals surface area contributed by atoms with Crippen molar-refractivity contribution in [3.63, 3.8) is 0 Å². The molecule has 1 unspecified atom stereocenters. The molecule has 4 heteroatoms. The van der Waals surface area contributed by atoms with Crippen molar-refractivity contribution in [1.82, 2.24) is 4.31 Å². The second-order valence-corrected chi connectivity index (χ2v) is 9.73. The maximum absolute atomic E-state index is 13.5. The van der Waals surface area contributed by atoms with Crippen LogP contribution in [0.3, 0.4) is 0 Å². The van der Waals surface area contributed by atoms with Crippen molar-refractivity contribution in [3.05, 3.63) is 102 Å². The van der Waals surface area contributed by atoms with Gasteiger partial charge in [-0.3, -0.25) is 0 Å². The van der Waals surface area contributed by atoms with Gasteiger partial charge in [0.2, 0.25) is 10.0 Å². The van der Waals surface area contributed by atoms with E-state index in [9.17, 15) is 8.42 Å². The summed E-state index contributed by atoms with van der Waals surface area (Å²) in [5.41, 5.74) is 5.61. The third kappa shape index (κ3) is 4.20. The molecule has 156 valence electrons. The topological polar surface area (TPSA) is 37.4 Å². The van der Waals surface area contributed by atoms with Gasteiger partial charge in [0, 0.05) is 12.5 Å². The van der Waals surface area contributed by atoms with Crippen LogP contribution in [0.25, 0.3) is 11.1 Å². The zero-order chi connectivity index (χ0) is 22.0. The van der Waals surface area contributed by atoms with Gasteiger partial charge in [0.1, 0.15) is 0 Å². The van der Waals surface area contributed by atoms with Crippen LogP contribution < -0.4 is 0 Å². The van der Waals surface area contributed by atoms with E-state index in [4.69, 9.17) is 6.42 Å². The average Bonchev–Trinajstić information content (AvgIpc) is 3.52. The number of hydrogen-bond acceptors (Lipinski definition) is 2. The molecule has 0 spiro atoms. The molecule has 3 nitrogen and oxygen atoms in total. The Kier molecular flexibility index (Phi) is 5.82. The zero-order valence-corrected chi connectivity index (χ0v) is 18.5. The predicted octanol–water partition coefficient (Wildman–Crippen LogP) is 5.25. The van der Waals surface area contributed by atoms with Gasteiger partial charge in [-0.2, -0.15) is 4.31 Å². The molecule has 3 aromatic rings. The normalized spacial score (nSPS) is 15.0. The van der Waals surface area contributed by atoms with Crippen LogP contribution in [0.15, 0.2) is 89.8 Å². The monoisotopic (exact) mass is 427 g/mol. The number of rotatable bonds is 7. The summed E-state index contributed by atoms with van der Waals surface area (Å²) in [7, 11) is -3.73. The molecule has 0 saturated heterocycles. The molecular formula is C27H25NO2S. The minimum absolute atomic E-state index is 0.000762. The molecule has 0 bridgehead atoms. The highest BCUT2D eigenvalue weighted by Gasteiger charge is 2.42. The van der Waals surface area contributed by atoms with Crippen LogP contribution in [-0.2, 0) is 10.0 Å². The van der Waals surface area contributed by atoms with Crippen molar-refractivity contribution in [1.29, 1.82) is 0 Å². The van der Waals surface area contributed by atoms with Crippen molar-refractivity contribution < 1.29 is 8.42 Å². The summed E-state index contributed by atoms with van der Waals surface area (Å²) < 4.78 is 28.5. The fraction of sp³-hybridized carbons (Fsp3) is 0.185. The zero-order valence-electron chi connectivity index (χ0n) is 17.7. The average molecular weight is 428 g/mol. The van der Waals surface area contributed by atoms with E-state index in [2.05, 4.69) is 30.2 Å². The highest BCUT2D eigenvalue weighted by molar-refractivity contribution is 7.89. The van der Waals surface area contributed by atoms with E-state index in [0.29, 0.717) is 6.54 Å². The second-order valence-electron chi connectivity index (χ2n) is 7.84. The Labute approximate surface area is 185 Å². The van der Waals surface area contributed by atoms with Crippen LogP contribution in [-0.4, -0.2) is 25.3 Å². The number of sulfonamides is 1. The van der Waals surface area contributed by atoms with Gasteiger partial charge in [-0.15, -0.1) is 6.42 Å². The molecule has 0 fully saturated rings. The maximum Gasteiger partial charge on any atom is 0.244 e. The molecule has 0 saturated carbocycles. The van der Waals surface area contributed by atoms with Crippen LogP contribution in [0.5, 0.6) is 0 Å². The third-order valence-corrected chi connectivity index (χ3v) is 7.69. The first-order chi connectivity index (χ1) is 14.9. The Morgan fingerprint density at radius 1 is 0.871 bits per heavy atom. The van der Waals surface area contributed by atoms with Gasteiger partial charge in [0.15, 0.2) is 0 Å². The molecule has 0 aromatic heterocycles. The Bertz CT molecular complexity index is 1190. The highest BCUT2D eigenvalue weighted by atomic mass is 32.2. The second kappa shape index (κ2) is 8.55. The number of aryl methyl sites for hydroxylation is 1. The molecule has 31 heavy (non-hydrogen) atoms. The first-order valence-corrected chi connectivity index (χ1v) is 11.8. The van der Waals surface area contributed by atoms with Crippen LogP contribution in [0.4, 0.5) is 0 Å². The van der Waals surface area contributed by atoms with Gasteiger partial charge in [0.05, 0.1) is 10.9 Å². The van der Waals surface area contributed by atoms with E-state index in [1.54, 1.807) is 19.1 Å². The van der Waals surface area contributed by atoms with Gasteiger partial charge >= 0.3 is 0 Å². The molecule has 4 rings (SSSR count). The van der Waals surface area contributed by atoms with Crippen molar-refractivity contribution in [3.8, 4) is 12.3 Å². The molecule has 0 radical (unpaired) electrons. The summed E-state index contributed by atoms with van der Waals surface area (Å²) in [6.07, 6.45) is 5.69. The van der Waals surface area contributed by atoms with E-state index in [1.165, 1.54) is 15.5 Å². The summed E-state index contributed by atoms with van der Waals surface area (Å²) >= 11 is 0. The summed E-state index contributed by atoms with van der Waals surface area (Å²) in [6, 6.07) is 26.6. The Morgan fingerprint density at radius 3 is 1.81 bits per heavy atom. The van der Waals surface area contributed by atoms with E-state index >= 15 is 0 Å². The van der Waals surface area contributed by atoms with Crippen LogP contribution >= 0.6 is 0 Å². The smallest absolute Gasteiger partial charge is 0.207 e. The number of hydrogen-bond donors (Lipinski definition) is 0. The Hall–Kier alpha value is -3.13. The summed E-state index contributed by atoms with van der Waals surface area (Å²) in [6.45, 7) is 4.01. The van der Waals surface area contributed by atoms with Gasteiger partial charge in [0.25, 0.3) is 0 Å². The lowest BCUT2D eigenvalue weighted by molar-refractivity contribution is 0.381. The molecular weight excluding hydrogens is 402 g/mol. The minimum atomic E-state index is -3.73. The number of benzene rings is 3. The lowest BCUT2D eigenvalue weighted by Gasteiger charge is -2.26. The van der Waals surface area contributed by atoms with E-state index < -0.39 is 16.1 Å². The molecule has 0 N–H and O–H groups in total. The largest absolute Gasteiger partial charge is 0.244 e. The van der Waals surface area contributed by atoms with Crippen molar-refractivity contribution in [2.24, 2.45) is 5.92 Å². The van der Waals surface area contributed by atoms with Crippen molar-refractivity contribution in [2.75, 3.05) is 6.54 Å². The van der Waals surface area contributed by atoms with Gasteiger partial charge in [-0.25, -0.2) is 8.42 Å². The quantitative estimate of drug-likeness (QED) is 0.483. The van der Waals surface area contributed by atoms with Crippen LogP contribution in [0, 0.1) is 25.2 Å². The molecule has 1 aliphatic carbocycles. The lowest BCUT2D eigenvalue weighted by atomic mass is 10.1. The van der Waals surface area contributed by atoms with E-state index in [1.807, 2.05) is 55.5 Å². The number of terminal acetylenes is 1. The first kappa shape index (κ1) is 21.1. The van der Waals surface area contributed by atoms with E-state index in [-0.39, 0.29) is 10.8 Å². The third-order valence-electron chi connectivity index (χ3n) is 5.74. The first-order valence-electron chi connectivity index (χ1n) is 10.3. The fourth-order valence-electron chi connectivity index (χ4n) is 3.97. The summed E-state index contributed by atoms with van der Waals surface area (Å²) in [5, 5.41) is 0. The molecule has 0 heterocycles.